The predicted molar refractivity (Wildman–Crippen MR) is 114 cm³/mol. The Bertz CT molecular complexity index is 1370. The van der Waals surface area contributed by atoms with E-state index in [0.29, 0.717) is 29.1 Å². The number of rotatable bonds is 3. The van der Waals surface area contributed by atoms with Gasteiger partial charge in [0.1, 0.15) is 6.61 Å². The molecule has 0 aliphatic carbocycles. The summed E-state index contributed by atoms with van der Waals surface area (Å²) in [4.78, 5) is 42.8. The van der Waals surface area contributed by atoms with Crippen molar-refractivity contribution in [2.24, 2.45) is 0 Å². The van der Waals surface area contributed by atoms with Gasteiger partial charge in [-0.15, -0.1) is 0 Å². The Labute approximate surface area is 177 Å². The number of para-hydroxylation sites is 1. The molecule has 1 atom stereocenters. The Morgan fingerprint density at radius 1 is 1.32 bits per heavy atom. The summed E-state index contributed by atoms with van der Waals surface area (Å²) in [5, 5.41) is 0.961. The molecule has 2 aliphatic rings. The summed E-state index contributed by atoms with van der Waals surface area (Å²) in [6, 6.07) is 9.49. The van der Waals surface area contributed by atoms with Crippen LogP contribution in [0.3, 0.4) is 0 Å². The molecule has 7 heteroatoms. The smallest absolute Gasteiger partial charge is 0.355 e. The van der Waals surface area contributed by atoms with E-state index in [1.165, 1.54) is 6.92 Å². The zero-order valence-electron chi connectivity index (χ0n) is 17.2. The number of ether oxygens (including phenoxy) is 2. The Hall–Kier alpha value is -3.74. The van der Waals surface area contributed by atoms with E-state index in [2.05, 4.69) is 6.58 Å². The highest BCUT2D eigenvalue weighted by Gasteiger charge is 2.50. The number of carbonyl (C=O) groups is 2. The molecule has 3 aromatic rings. The van der Waals surface area contributed by atoms with Gasteiger partial charge in [0.15, 0.2) is 0 Å². The molecule has 0 bridgehead atoms. The number of benzene rings is 1. The normalized spacial score (nSPS) is 18.7. The maximum absolute atomic E-state index is 13.4. The van der Waals surface area contributed by atoms with Crippen molar-refractivity contribution in [1.82, 2.24) is 9.55 Å². The van der Waals surface area contributed by atoms with Crippen LogP contribution in [0.15, 0.2) is 41.7 Å². The van der Waals surface area contributed by atoms with Crippen molar-refractivity contribution < 1.29 is 19.1 Å². The summed E-state index contributed by atoms with van der Waals surface area (Å²) in [5.74, 6) is -1.29. The van der Waals surface area contributed by atoms with Gasteiger partial charge in [0.05, 0.1) is 29.0 Å². The molecule has 5 rings (SSSR count). The average Bonchev–Trinajstić information content (AvgIpc) is 3.12. The molecule has 1 unspecified atom stereocenters. The third kappa shape index (κ3) is 2.52. The van der Waals surface area contributed by atoms with E-state index in [1.54, 1.807) is 23.6 Å². The number of aromatic nitrogens is 2. The topological polar surface area (TPSA) is 87.5 Å². The fraction of sp³-hybridized carbons (Fsp3) is 0.250. The van der Waals surface area contributed by atoms with Crippen molar-refractivity contribution in [3.05, 3.63) is 69.5 Å². The van der Waals surface area contributed by atoms with Gasteiger partial charge in [0, 0.05) is 23.4 Å². The van der Waals surface area contributed by atoms with Crippen LogP contribution in [0.4, 0.5) is 0 Å². The Morgan fingerprint density at radius 2 is 2.10 bits per heavy atom. The second kappa shape index (κ2) is 6.63. The monoisotopic (exact) mass is 416 g/mol. The molecular formula is C24H20N2O5. The lowest BCUT2D eigenvalue weighted by molar-refractivity contribution is -0.188. The van der Waals surface area contributed by atoms with Crippen molar-refractivity contribution in [3.63, 3.8) is 0 Å². The van der Waals surface area contributed by atoms with Crippen LogP contribution < -0.4 is 5.56 Å². The van der Waals surface area contributed by atoms with Crippen molar-refractivity contribution in [1.29, 1.82) is 0 Å². The zero-order valence-corrected chi connectivity index (χ0v) is 17.2. The highest BCUT2D eigenvalue weighted by molar-refractivity contribution is 5.93. The van der Waals surface area contributed by atoms with Crippen LogP contribution in [-0.2, 0) is 37.8 Å². The van der Waals surface area contributed by atoms with Gasteiger partial charge in [-0.05, 0) is 24.1 Å². The second-order valence-electron chi connectivity index (χ2n) is 7.74. The van der Waals surface area contributed by atoms with Crippen molar-refractivity contribution >= 4 is 28.9 Å². The van der Waals surface area contributed by atoms with Crippen LogP contribution in [0, 0.1) is 0 Å². The highest BCUT2D eigenvalue weighted by Crippen LogP contribution is 2.42. The number of nitrogens with zero attached hydrogens (tertiary/aromatic N) is 2. The average molecular weight is 416 g/mol. The lowest BCUT2D eigenvalue weighted by Crippen LogP contribution is -2.47. The van der Waals surface area contributed by atoms with Gasteiger partial charge in [-0.25, -0.2) is 9.78 Å². The van der Waals surface area contributed by atoms with E-state index in [1.807, 2.05) is 24.3 Å². The molecule has 0 amide bonds. The molecule has 0 N–H and O–H groups in total. The second-order valence-corrected chi connectivity index (χ2v) is 7.74. The summed E-state index contributed by atoms with van der Waals surface area (Å²) in [7, 11) is 0. The first-order chi connectivity index (χ1) is 14.9. The Balaban J connectivity index is 1.83. The van der Waals surface area contributed by atoms with E-state index in [0.717, 1.165) is 22.0 Å². The maximum atomic E-state index is 13.4. The van der Waals surface area contributed by atoms with Crippen LogP contribution in [0.5, 0.6) is 0 Å². The molecule has 0 spiro atoms. The first kappa shape index (κ1) is 19.2. The molecule has 1 aromatic carbocycles. The third-order valence-electron chi connectivity index (χ3n) is 6.13. The van der Waals surface area contributed by atoms with Crippen molar-refractivity contribution in [2.75, 3.05) is 0 Å². The van der Waals surface area contributed by atoms with Crippen molar-refractivity contribution in [2.45, 2.75) is 39.0 Å². The summed E-state index contributed by atoms with van der Waals surface area (Å²) in [6.45, 7) is 7.11. The van der Waals surface area contributed by atoms with E-state index in [-0.39, 0.29) is 18.6 Å². The fourth-order valence-electron chi connectivity index (χ4n) is 4.70. The lowest BCUT2D eigenvalue weighted by Gasteiger charge is -2.35. The Morgan fingerprint density at radius 3 is 2.81 bits per heavy atom. The number of cyclic esters (lactones) is 1. The number of fused-ring (bicyclic) bond motifs is 5. The molecule has 0 saturated heterocycles. The number of pyridine rings is 2. The van der Waals surface area contributed by atoms with Gasteiger partial charge in [-0.2, -0.15) is 0 Å². The van der Waals surface area contributed by atoms with Crippen LogP contribution >= 0.6 is 0 Å². The third-order valence-corrected chi connectivity index (χ3v) is 6.13. The molecule has 0 fully saturated rings. The van der Waals surface area contributed by atoms with E-state index in [9.17, 15) is 14.4 Å². The summed E-state index contributed by atoms with van der Waals surface area (Å²) >= 11 is 0. The van der Waals surface area contributed by atoms with Gasteiger partial charge in [-0.3, -0.25) is 9.59 Å². The van der Waals surface area contributed by atoms with Gasteiger partial charge in [-0.1, -0.05) is 37.8 Å². The van der Waals surface area contributed by atoms with Gasteiger partial charge < -0.3 is 14.0 Å². The lowest BCUT2D eigenvalue weighted by atomic mass is 9.85. The quantitative estimate of drug-likeness (QED) is 0.476. The molecule has 2 aliphatic heterocycles. The van der Waals surface area contributed by atoms with Gasteiger partial charge in [0.25, 0.3) is 5.56 Å². The molecule has 7 nitrogen and oxygen atoms in total. The molecule has 0 radical (unpaired) electrons. The number of carbonyl (C=O) groups excluding carboxylic acids is 2. The predicted octanol–water partition coefficient (Wildman–Crippen LogP) is 3.29. The first-order valence-corrected chi connectivity index (χ1v) is 10.1. The standard InChI is InChI=1S/C24H20N2O5/c1-4-14-15-8-6-7-9-19(15)25-21-16(14)11-26-20(21)10-18-17(22(26)28)12-30-23(29)24(18,5-2)31-13(3)27/h4,6-10H,1,5,11-12H2,2-3H3. The zero-order chi connectivity index (χ0) is 21.9. The van der Waals surface area contributed by atoms with Crippen molar-refractivity contribution in [3.8, 4) is 11.4 Å². The fourth-order valence-corrected chi connectivity index (χ4v) is 4.70. The number of esters is 2. The Kier molecular flexibility index (Phi) is 4.12. The minimum absolute atomic E-state index is 0.150. The van der Waals surface area contributed by atoms with E-state index >= 15 is 0 Å². The summed E-state index contributed by atoms with van der Waals surface area (Å²) in [5.41, 5.74) is 2.65. The minimum Gasteiger partial charge on any atom is -0.457 e. The first-order valence-electron chi connectivity index (χ1n) is 10.1. The SMILES string of the molecule is C=Cc1c2c(nc3ccccc13)-c1cc3c(c(=O)n1C2)COC(=O)C3(CC)OC(C)=O. The minimum atomic E-state index is -1.64. The van der Waals surface area contributed by atoms with E-state index < -0.39 is 17.5 Å². The summed E-state index contributed by atoms with van der Waals surface area (Å²) in [6.07, 6.45) is 1.93. The van der Waals surface area contributed by atoms with Gasteiger partial charge >= 0.3 is 11.9 Å². The van der Waals surface area contributed by atoms with Crippen LogP contribution in [0.25, 0.3) is 28.4 Å². The van der Waals surface area contributed by atoms with E-state index in [4.69, 9.17) is 14.5 Å². The van der Waals surface area contributed by atoms with Crippen LogP contribution in [0.1, 0.15) is 42.5 Å². The highest BCUT2D eigenvalue weighted by atomic mass is 16.6. The molecule has 31 heavy (non-hydrogen) atoms. The largest absolute Gasteiger partial charge is 0.457 e. The number of hydrogen-bond donors (Lipinski definition) is 0. The van der Waals surface area contributed by atoms with Crippen LogP contribution in [0.2, 0.25) is 0 Å². The summed E-state index contributed by atoms with van der Waals surface area (Å²) < 4.78 is 12.4. The maximum Gasteiger partial charge on any atom is 0.355 e. The van der Waals surface area contributed by atoms with Crippen LogP contribution in [-0.4, -0.2) is 21.5 Å². The molecule has 0 saturated carbocycles. The molecule has 4 heterocycles. The van der Waals surface area contributed by atoms with Gasteiger partial charge in [0.2, 0.25) is 5.60 Å². The molecule has 156 valence electrons. The molecular weight excluding hydrogens is 396 g/mol. The number of hydrogen-bond acceptors (Lipinski definition) is 6. The molecule has 2 aromatic heterocycles.